The van der Waals surface area contributed by atoms with Gasteiger partial charge in [-0.3, -0.25) is 4.79 Å². The highest BCUT2D eigenvalue weighted by Gasteiger charge is 2.28. The van der Waals surface area contributed by atoms with Gasteiger partial charge in [0.25, 0.3) is 0 Å². The Bertz CT molecular complexity index is 1290. The molecule has 35 heavy (non-hydrogen) atoms. The summed E-state index contributed by atoms with van der Waals surface area (Å²) >= 11 is 1.34. The van der Waals surface area contributed by atoms with Gasteiger partial charge in [0, 0.05) is 37.3 Å². The minimum absolute atomic E-state index is 0.0899. The fourth-order valence-electron chi connectivity index (χ4n) is 4.06. The first kappa shape index (κ1) is 24.3. The lowest BCUT2D eigenvalue weighted by Crippen LogP contribution is -2.36. The Morgan fingerprint density at radius 1 is 1.34 bits per heavy atom. The van der Waals surface area contributed by atoms with Gasteiger partial charge in [-0.25, -0.2) is 9.78 Å². The number of methoxy groups -OCH3 is 1. The van der Waals surface area contributed by atoms with E-state index in [2.05, 4.69) is 16.4 Å². The number of anilines is 1. The van der Waals surface area contributed by atoms with Crippen molar-refractivity contribution in [1.29, 1.82) is 5.26 Å². The molecule has 182 valence electrons. The molecule has 10 heteroatoms. The maximum absolute atomic E-state index is 12.7. The molecule has 0 aliphatic carbocycles. The summed E-state index contributed by atoms with van der Waals surface area (Å²) in [6.45, 7) is 2.87. The number of nitriles is 1. The number of hydrogen-bond donors (Lipinski definition) is 1. The van der Waals surface area contributed by atoms with Crippen molar-refractivity contribution in [3.05, 3.63) is 63.5 Å². The fourth-order valence-corrected chi connectivity index (χ4v) is 5.29. The van der Waals surface area contributed by atoms with E-state index in [1.165, 1.54) is 11.3 Å². The zero-order chi connectivity index (χ0) is 24.9. The van der Waals surface area contributed by atoms with E-state index in [1.807, 2.05) is 32.2 Å². The number of carbonyl (C=O) groups is 2. The molecule has 1 aromatic carbocycles. The molecule has 3 aromatic rings. The topological polar surface area (TPSA) is 109 Å². The number of aryl methyl sites for hydroxylation is 3. The first-order valence-electron chi connectivity index (χ1n) is 11.3. The zero-order valence-corrected chi connectivity index (χ0v) is 20.8. The molecule has 0 saturated heterocycles. The molecule has 1 aliphatic rings. The maximum atomic E-state index is 12.7. The van der Waals surface area contributed by atoms with Crippen LogP contribution in [-0.2, 0) is 42.6 Å². The number of nitrogens with zero attached hydrogens (tertiary/aromatic N) is 4. The lowest BCUT2D eigenvalue weighted by Gasteiger charge is -2.26. The fraction of sp³-hybridized carbons (Fsp3) is 0.360. The quantitative estimate of drug-likeness (QED) is 0.534. The molecule has 0 bridgehead atoms. The van der Waals surface area contributed by atoms with Crippen molar-refractivity contribution in [1.82, 2.24) is 14.5 Å². The first-order valence-corrected chi connectivity index (χ1v) is 12.1. The summed E-state index contributed by atoms with van der Waals surface area (Å²) in [5.74, 6) is 1.24. The second-order valence-corrected chi connectivity index (χ2v) is 9.47. The smallest absolute Gasteiger partial charge is 0.410 e. The Morgan fingerprint density at radius 2 is 2.17 bits per heavy atom. The normalized spacial score (nSPS) is 12.6. The summed E-state index contributed by atoms with van der Waals surface area (Å²) in [6.07, 6.45) is 4.33. The van der Waals surface area contributed by atoms with Crippen molar-refractivity contribution in [2.24, 2.45) is 7.05 Å². The lowest BCUT2D eigenvalue weighted by atomic mass is 10.0. The van der Waals surface area contributed by atoms with Crippen LogP contribution in [0.2, 0.25) is 0 Å². The van der Waals surface area contributed by atoms with Gasteiger partial charge in [0.05, 0.1) is 19.2 Å². The summed E-state index contributed by atoms with van der Waals surface area (Å²) in [5.41, 5.74) is 3.43. The molecule has 0 spiro atoms. The van der Waals surface area contributed by atoms with Gasteiger partial charge in [-0.2, -0.15) is 5.26 Å². The van der Waals surface area contributed by atoms with Crippen molar-refractivity contribution >= 4 is 28.3 Å². The summed E-state index contributed by atoms with van der Waals surface area (Å²) < 4.78 is 12.6. The standard InChI is InChI=1S/C25H27N5O4S/c1-16-4-6-20(33-3)17(12-16)5-7-23(31)28-24-19(13-26)18-8-10-30(14-21(18)35-24)25(32)34-15-22-27-9-11-29(22)2/h4,6,9,11-12H,5,7-8,10,14-15H2,1-3H3,(H,28,31). The Hall–Kier alpha value is -3.84. The average Bonchev–Trinajstić information content (AvgIpc) is 3.42. The number of aromatic nitrogens is 2. The summed E-state index contributed by atoms with van der Waals surface area (Å²) in [5, 5.41) is 13.2. The molecule has 1 N–H and O–H groups in total. The van der Waals surface area contributed by atoms with Crippen LogP contribution in [0.25, 0.3) is 0 Å². The molecular weight excluding hydrogens is 466 g/mol. The average molecular weight is 494 g/mol. The number of hydrogen-bond acceptors (Lipinski definition) is 7. The Labute approximate surface area is 207 Å². The molecule has 0 unspecified atom stereocenters. The molecular formula is C25H27N5O4S. The van der Waals surface area contributed by atoms with Gasteiger partial charge >= 0.3 is 6.09 Å². The molecule has 2 aromatic heterocycles. The largest absolute Gasteiger partial charge is 0.496 e. The number of nitrogens with one attached hydrogen (secondary N) is 1. The molecule has 1 aliphatic heterocycles. The van der Waals surface area contributed by atoms with Crippen LogP contribution in [0, 0.1) is 18.3 Å². The predicted molar refractivity (Wildman–Crippen MR) is 131 cm³/mol. The Kier molecular flexibility index (Phi) is 7.36. The van der Waals surface area contributed by atoms with Gasteiger partial charge in [0.1, 0.15) is 22.6 Å². The molecule has 0 fully saturated rings. The minimum Gasteiger partial charge on any atom is -0.496 e. The Morgan fingerprint density at radius 3 is 2.89 bits per heavy atom. The lowest BCUT2D eigenvalue weighted by molar-refractivity contribution is -0.116. The maximum Gasteiger partial charge on any atom is 0.410 e. The van der Waals surface area contributed by atoms with Gasteiger partial charge in [-0.05, 0) is 37.0 Å². The predicted octanol–water partition coefficient (Wildman–Crippen LogP) is 3.94. The number of benzene rings is 1. The monoisotopic (exact) mass is 493 g/mol. The summed E-state index contributed by atoms with van der Waals surface area (Å²) in [7, 11) is 3.45. The second kappa shape index (κ2) is 10.6. The third kappa shape index (κ3) is 5.46. The van der Waals surface area contributed by atoms with E-state index in [9.17, 15) is 14.9 Å². The van der Waals surface area contributed by atoms with Crippen molar-refractivity contribution in [3.63, 3.8) is 0 Å². The number of thiophene rings is 1. The summed E-state index contributed by atoms with van der Waals surface area (Å²) in [4.78, 5) is 31.9. The van der Waals surface area contributed by atoms with Gasteiger partial charge in [-0.1, -0.05) is 17.7 Å². The van der Waals surface area contributed by atoms with Crippen LogP contribution >= 0.6 is 11.3 Å². The molecule has 0 atom stereocenters. The van der Waals surface area contributed by atoms with Crippen LogP contribution in [0.4, 0.5) is 9.80 Å². The highest BCUT2D eigenvalue weighted by Crippen LogP contribution is 2.37. The van der Waals surface area contributed by atoms with Crippen molar-refractivity contribution in [2.45, 2.75) is 39.3 Å². The Balaban J connectivity index is 1.38. The zero-order valence-electron chi connectivity index (χ0n) is 20.0. The van der Waals surface area contributed by atoms with E-state index >= 15 is 0 Å². The SMILES string of the molecule is COc1ccc(C)cc1CCC(=O)Nc1sc2c(c1C#N)CCN(C(=O)OCc1nccn1C)C2. The highest BCUT2D eigenvalue weighted by molar-refractivity contribution is 7.16. The highest BCUT2D eigenvalue weighted by atomic mass is 32.1. The van der Waals surface area contributed by atoms with Crippen LogP contribution < -0.4 is 10.1 Å². The molecule has 4 rings (SSSR count). The van der Waals surface area contributed by atoms with Gasteiger partial charge in [0.2, 0.25) is 5.91 Å². The van der Waals surface area contributed by atoms with Crippen molar-refractivity contribution in [2.75, 3.05) is 19.0 Å². The van der Waals surface area contributed by atoms with Gasteiger partial charge < -0.3 is 24.3 Å². The van der Waals surface area contributed by atoms with Crippen LogP contribution in [0.1, 0.15) is 39.4 Å². The van der Waals surface area contributed by atoms with Crippen molar-refractivity contribution < 1.29 is 19.1 Å². The molecule has 0 saturated carbocycles. The second-order valence-electron chi connectivity index (χ2n) is 8.36. The number of imidazole rings is 1. The number of ether oxygens (including phenoxy) is 2. The van der Waals surface area contributed by atoms with E-state index in [0.717, 1.165) is 27.3 Å². The third-order valence-corrected chi connectivity index (χ3v) is 7.12. The number of fused-ring (bicyclic) bond motifs is 1. The van der Waals surface area contributed by atoms with E-state index in [0.29, 0.717) is 42.3 Å². The number of rotatable bonds is 7. The molecule has 0 radical (unpaired) electrons. The van der Waals surface area contributed by atoms with Crippen LogP contribution in [0.15, 0.2) is 30.6 Å². The van der Waals surface area contributed by atoms with E-state index in [1.54, 1.807) is 29.0 Å². The van der Waals surface area contributed by atoms with E-state index in [4.69, 9.17) is 9.47 Å². The van der Waals surface area contributed by atoms with E-state index < -0.39 is 6.09 Å². The number of carbonyl (C=O) groups excluding carboxylic acids is 2. The van der Waals surface area contributed by atoms with Gasteiger partial charge in [-0.15, -0.1) is 11.3 Å². The van der Waals surface area contributed by atoms with Crippen molar-refractivity contribution in [3.8, 4) is 11.8 Å². The summed E-state index contributed by atoms with van der Waals surface area (Å²) in [6, 6.07) is 8.11. The van der Waals surface area contributed by atoms with Gasteiger partial charge in [0.15, 0.2) is 6.61 Å². The van der Waals surface area contributed by atoms with Crippen LogP contribution in [0.3, 0.4) is 0 Å². The molecule has 3 heterocycles. The first-order chi connectivity index (χ1) is 16.9. The van der Waals surface area contributed by atoms with Crippen LogP contribution in [0.5, 0.6) is 5.75 Å². The minimum atomic E-state index is -0.428. The third-order valence-electron chi connectivity index (χ3n) is 5.98. The van der Waals surface area contributed by atoms with E-state index in [-0.39, 0.29) is 18.9 Å². The van der Waals surface area contributed by atoms with Crippen LogP contribution in [-0.4, -0.2) is 40.1 Å². The molecule has 2 amide bonds. The molecule has 9 nitrogen and oxygen atoms in total. The number of amides is 2.